The Morgan fingerprint density at radius 1 is 0.761 bits per heavy atom. The maximum Gasteiger partial charge on any atom is 0.264 e. The molecule has 1 aliphatic carbocycles. The Hall–Kier alpha value is -3.85. The van der Waals surface area contributed by atoms with Crippen molar-refractivity contribution in [3.05, 3.63) is 130 Å². The molecule has 240 valence electrons. The highest BCUT2D eigenvalue weighted by Gasteiger charge is 2.36. The van der Waals surface area contributed by atoms with Crippen LogP contribution in [0.3, 0.4) is 0 Å². The first-order valence-electron chi connectivity index (χ1n) is 15.4. The van der Waals surface area contributed by atoms with E-state index in [1.165, 1.54) is 17.0 Å². The molecule has 46 heavy (non-hydrogen) atoms. The summed E-state index contributed by atoms with van der Waals surface area (Å²) in [4.78, 5) is 30.3. The average molecular weight is 679 g/mol. The predicted octanol–water partition coefficient (Wildman–Crippen LogP) is 7.28. The van der Waals surface area contributed by atoms with Crippen LogP contribution in [-0.4, -0.2) is 43.8 Å². The van der Waals surface area contributed by atoms with E-state index in [0.717, 1.165) is 42.0 Å². The lowest BCUT2D eigenvalue weighted by Crippen LogP contribution is -2.55. The van der Waals surface area contributed by atoms with Gasteiger partial charge in [0.15, 0.2) is 0 Å². The molecule has 10 heteroatoms. The van der Waals surface area contributed by atoms with Crippen LogP contribution in [0.25, 0.3) is 0 Å². The lowest BCUT2D eigenvalue weighted by Gasteiger charge is -2.35. The smallest absolute Gasteiger partial charge is 0.264 e. The van der Waals surface area contributed by atoms with Gasteiger partial charge < -0.3 is 10.2 Å². The summed E-state index contributed by atoms with van der Waals surface area (Å²) in [6.45, 7) is -0.594. The maximum absolute atomic E-state index is 14.6. The van der Waals surface area contributed by atoms with Crippen LogP contribution in [0.4, 0.5) is 5.69 Å². The van der Waals surface area contributed by atoms with Gasteiger partial charge in [-0.1, -0.05) is 121 Å². The van der Waals surface area contributed by atoms with E-state index in [1.807, 2.05) is 36.4 Å². The zero-order valence-corrected chi connectivity index (χ0v) is 27.7. The van der Waals surface area contributed by atoms with Gasteiger partial charge >= 0.3 is 0 Å². The van der Waals surface area contributed by atoms with Crippen molar-refractivity contribution in [3.63, 3.8) is 0 Å². The van der Waals surface area contributed by atoms with Crippen LogP contribution in [-0.2, 0) is 32.6 Å². The van der Waals surface area contributed by atoms with Crippen molar-refractivity contribution < 1.29 is 18.0 Å². The molecule has 7 nitrogen and oxygen atoms in total. The Bertz CT molecular complexity index is 1730. The molecule has 4 aromatic carbocycles. The van der Waals surface area contributed by atoms with E-state index in [9.17, 15) is 18.0 Å². The Kier molecular flexibility index (Phi) is 11.4. The molecular formula is C36H37Cl2N3O4S. The lowest BCUT2D eigenvalue weighted by atomic mass is 9.94. The van der Waals surface area contributed by atoms with Gasteiger partial charge in [0.2, 0.25) is 11.8 Å². The second-order valence-electron chi connectivity index (χ2n) is 11.4. The number of para-hydroxylation sites is 1. The van der Waals surface area contributed by atoms with E-state index in [0.29, 0.717) is 10.6 Å². The fraction of sp³-hybridized carbons (Fsp3) is 0.278. The molecule has 0 aromatic heterocycles. The Labute approximate surface area is 281 Å². The topological polar surface area (TPSA) is 86.8 Å². The summed E-state index contributed by atoms with van der Waals surface area (Å²) in [5.41, 5.74) is 1.66. The van der Waals surface area contributed by atoms with Gasteiger partial charge in [-0.15, -0.1) is 0 Å². The summed E-state index contributed by atoms with van der Waals surface area (Å²) in [6, 6.07) is 30.1. The number of carbonyl (C=O) groups excluding carboxylic acids is 2. The summed E-state index contributed by atoms with van der Waals surface area (Å²) in [7, 11) is -4.24. The largest absolute Gasteiger partial charge is 0.352 e. The monoisotopic (exact) mass is 677 g/mol. The molecule has 2 amide bonds. The average Bonchev–Trinajstić information content (AvgIpc) is 3.07. The molecule has 1 N–H and O–H groups in total. The van der Waals surface area contributed by atoms with Gasteiger partial charge in [0, 0.05) is 24.0 Å². The number of rotatable bonds is 12. The molecule has 0 spiro atoms. The van der Waals surface area contributed by atoms with Gasteiger partial charge in [-0.05, 0) is 54.3 Å². The summed E-state index contributed by atoms with van der Waals surface area (Å²) < 4.78 is 29.2. The van der Waals surface area contributed by atoms with E-state index in [1.54, 1.807) is 60.7 Å². The Morgan fingerprint density at radius 3 is 2.00 bits per heavy atom. The number of hydrogen-bond donors (Lipinski definition) is 1. The van der Waals surface area contributed by atoms with E-state index in [4.69, 9.17) is 23.2 Å². The number of nitrogens with one attached hydrogen (secondary N) is 1. The van der Waals surface area contributed by atoms with Crippen molar-refractivity contribution >= 4 is 50.7 Å². The number of sulfonamides is 1. The number of hydrogen-bond acceptors (Lipinski definition) is 4. The molecule has 0 saturated heterocycles. The van der Waals surface area contributed by atoms with E-state index < -0.39 is 28.5 Å². The molecule has 1 atom stereocenters. The highest BCUT2D eigenvalue weighted by Crippen LogP contribution is 2.31. The number of halogens is 2. The van der Waals surface area contributed by atoms with Gasteiger partial charge in [0.25, 0.3) is 10.0 Å². The van der Waals surface area contributed by atoms with Gasteiger partial charge in [-0.2, -0.15) is 0 Å². The Balaban J connectivity index is 1.57. The van der Waals surface area contributed by atoms with E-state index in [2.05, 4.69) is 5.32 Å². The molecule has 1 aliphatic rings. The van der Waals surface area contributed by atoms with Crippen molar-refractivity contribution in [2.45, 2.75) is 62.0 Å². The summed E-state index contributed by atoms with van der Waals surface area (Å²) in [5.74, 6) is -0.856. The highest BCUT2D eigenvalue weighted by atomic mass is 35.5. The van der Waals surface area contributed by atoms with Crippen molar-refractivity contribution in [1.29, 1.82) is 0 Å². The first kappa shape index (κ1) is 33.5. The fourth-order valence-corrected chi connectivity index (χ4v) is 7.73. The molecule has 4 aromatic rings. The number of benzene rings is 4. The standard InChI is InChI=1S/C36H37Cl2N3O4S/c37-31-21-11-10-16-28(31)25-40(34(24-27-14-4-1-5-15-27)36(43)39-29-17-6-2-7-18-29)35(42)26-41(33-23-13-12-22-32(33)38)46(44,45)30-19-8-3-9-20-30/h1,3-5,8-16,19-23,29,34H,2,6-7,17-18,24-26H2,(H,39,43). The molecule has 0 bridgehead atoms. The van der Waals surface area contributed by atoms with Crippen LogP contribution in [0.2, 0.25) is 10.0 Å². The summed E-state index contributed by atoms with van der Waals surface area (Å²) in [5, 5.41) is 3.81. The highest BCUT2D eigenvalue weighted by molar-refractivity contribution is 7.92. The quantitative estimate of drug-likeness (QED) is 0.171. The third-order valence-corrected chi connectivity index (χ3v) is 10.7. The van der Waals surface area contributed by atoms with Crippen LogP contribution in [0.5, 0.6) is 0 Å². The predicted molar refractivity (Wildman–Crippen MR) is 183 cm³/mol. The second-order valence-corrected chi connectivity index (χ2v) is 14.1. The fourth-order valence-electron chi connectivity index (χ4n) is 5.80. The normalized spacial score (nSPS) is 14.3. The van der Waals surface area contributed by atoms with Crippen LogP contribution < -0.4 is 9.62 Å². The maximum atomic E-state index is 14.6. The minimum Gasteiger partial charge on any atom is -0.352 e. The van der Waals surface area contributed by atoms with Crippen LogP contribution >= 0.6 is 23.2 Å². The zero-order valence-electron chi connectivity index (χ0n) is 25.4. The molecule has 1 unspecified atom stereocenters. The Morgan fingerprint density at radius 2 is 1.35 bits per heavy atom. The van der Waals surface area contributed by atoms with Crippen LogP contribution in [0, 0.1) is 0 Å². The van der Waals surface area contributed by atoms with Crippen LogP contribution in [0.15, 0.2) is 114 Å². The summed E-state index contributed by atoms with van der Waals surface area (Å²) >= 11 is 13.1. The number of nitrogens with zero attached hydrogens (tertiary/aromatic N) is 2. The lowest BCUT2D eigenvalue weighted by molar-refractivity contribution is -0.140. The zero-order chi connectivity index (χ0) is 32.5. The molecule has 1 fully saturated rings. The third kappa shape index (κ3) is 8.29. The van der Waals surface area contributed by atoms with Crippen molar-refractivity contribution in [2.75, 3.05) is 10.8 Å². The number of anilines is 1. The molecule has 1 saturated carbocycles. The molecule has 0 aliphatic heterocycles. The van der Waals surface area contributed by atoms with Crippen molar-refractivity contribution in [3.8, 4) is 0 Å². The van der Waals surface area contributed by atoms with Crippen molar-refractivity contribution in [2.24, 2.45) is 0 Å². The SMILES string of the molecule is O=C(NC1CCCCC1)C(Cc1ccccc1)N(Cc1ccccc1Cl)C(=O)CN(c1ccccc1Cl)S(=O)(=O)c1ccccc1. The molecule has 0 heterocycles. The number of carbonyl (C=O) groups is 2. The second kappa shape index (κ2) is 15.6. The van der Waals surface area contributed by atoms with Gasteiger partial charge in [-0.25, -0.2) is 8.42 Å². The molecule has 0 radical (unpaired) electrons. The molecular weight excluding hydrogens is 641 g/mol. The first-order valence-corrected chi connectivity index (χ1v) is 17.6. The minimum atomic E-state index is -4.24. The van der Waals surface area contributed by atoms with Gasteiger partial charge in [0.05, 0.1) is 15.6 Å². The van der Waals surface area contributed by atoms with E-state index in [-0.39, 0.29) is 40.5 Å². The minimum absolute atomic E-state index is 0.00413. The van der Waals surface area contributed by atoms with Gasteiger partial charge in [0.1, 0.15) is 12.6 Å². The first-order chi connectivity index (χ1) is 22.2. The van der Waals surface area contributed by atoms with E-state index >= 15 is 0 Å². The van der Waals surface area contributed by atoms with Gasteiger partial charge in [-0.3, -0.25) is 13.9 Å². The van der Waals surface area contributed by atoms with Crippen LogP contribution in [0.1, 0.15) is 43.2 Å². The number of amides is 2. The third-order valence-electron chi connectivity index (χ3n) is 8.25. The summed E-state index contributed by atoms with van der Waals surface area (Å²) in [6.07, 6.45) is 5.16. The molecule has 5 rings (SSSR count). The van der Waals surface area contributed by atoms with Crippen molar-refractivity contribution in [1.82, 2.24) is 10.2 Å².